The smallest absolute Gasteiger partial charge is 0.240 e. The average Bonchev–Trinajstić information content (AvgIpc) is 3.12. The summed E-state index contributed by atoms with van der Waals surface area (Å²) in [5.41, 5.74) is 6.23. The fourth-order valence-electron chi connectivity index (χ4n) is 3.09. The van der Waals surface area contributed by atoms with Crippen LogP contribution >= 0.6 is 11.8 Å². The van der Waals surface area contributed by atoms with Crippen molar-refractivity contribution < 1.29 is 9.53 Å². The number of nitrogens with one attached hydrogen (secondary N) is 1. The third-order valence-corrected chi connectivity index (χ3v) is 5.87. The Bertz CT molecular complexity index is 683. The molecule has 25 heavy (non-hydrogen) atoms. The second-order valence-electron chi connectivity index (χ2n) is 6.23. The fourth-order valence-corrected chi connectivity index (χ4v) is 4.47. The highest BCUT2D eigenvalue weighted by atomic mass is 32.2. The van der Waals surface area contributed by atoms with Crippen molar-refractivity contribution in [2.45, 2.75) is 35.3 Å². The van der Waals surface area contributed by atoms with E-state index >= 15 is 0 Å². The molecule has 1 amide bonds. The van der Waals surface area contributed by atoms with Crippen molar-refractivity contribution in [3.05, 3.63) is 54.6 Å². The molecule has 0 unspecified atom stereocenters. The molecule has 0 radical (unpaired) electrons. The topological polar surface area (TPSA) is 64.3 Å². The Hall–Kier alpha value is -1.98. The second-order valence-corrected chi connectivity index (χ2v) is 7.69. The van der Waals surface area contributed by atoms with E-state index in [2.05, 4.69) is 17.4 Å². The van der Waals surface area contributed by atoms with E-state index in [1.54, 1.807) is 11.8 Å². The molecule has 0 bridgehead atoms. The van der Waals surface area contributed by atoms with Crippen LogP contribution in [-0.4, -0.2) is 23.8 Å². The number of carbonyl (C=O) groups excluding carboxylic acids is 1. The zero-order chi connectivity index (χ0) is 17.5. The van der Waals surface area contributed by atoms with Crippen LogP contribution in [0.4, 0.5) is 5.69 Å². The maximum atomic E-state index is 13.0. The van der Waals surface area contributed by atoms with Crippen LogP contribution in [0.25, 0.3) is 0 Å². The van der Waals surface area contributed by atoms with Crippen LogP contribution in [0.1, 0.15) is 25.7 Å². The molecule has 0 heterocycles. The van der Waals surface area contributed by atoms with Crippen molar-refractivity contribution in [2.24, 2.45) is 5.73 Å². The number of amides is 1. The Morgan fingerprint density at radius 1 is 1.08 bits per heavy atom. The minimum absolute atomic E-state index is 0.0921. The van der Waals surface area contributed by atoms with E-state index in [4.69, 9.17) is 10.5 Å². The highest BCUT2D eigenvalue weighted by Crippen LogP contribution is 2.46. The minimum Gasteiger partial charge on any atom is -0.492 e. The Labute approximate surface area is 153 Å². The van der Waals surface area contributed by atoms with Crippen LogP contribution < -0.4 is 15.8 Å². The highest BCUT2D eigenvalue weighted by Gasteiger charge is 2.42. The lowest BCUT2D eigenvalue weighted by molar-refractivity contribution is -0.118. The van der Waals surface area contributed by atoms with Gasteiger partial charge in [0, 0.05) is 17.1 Å². The number of hydrogen-bond donors (Lipinski definition) is 2. The number of anilines is 1. The Balaban J connectivity index is 1.69. The maximum Gasteiger partial charge on any atom is 0.240 e. The summed E-state index contributed by atoms with van der Waals surface area (Å²) in [6.45, 7) is 0.972. The molecule has 4 nitrogen and oxygen atoms in total. The summed E-state index contributed by atoms with van der Waals surface area (Å²) in [6, 6.07) is 17.6. The average molecular weight is 356 g/mol. The van der Waals surface area contributed by atoms with Gasteiger partial charge in [-0.1, -0.05) is 31.0 Å². The summed E-state index contributed by atoms with van der Waals surface area (Å²) < 4.78 is 5.09. The van der Waals surface area contributed by atoms with Gasteiger partial charge in [0.2, 0.25) is 5.91 Å². The van der Waals surface area contributed by atoms with Gasteiger partial charge >= 0.3 is 0 Å². The van der Waals surface area contributed by atoms with Crippen molar-refractivity contribution in [1.29, 1.82) is 0 Å². The van der Waals surface area contributed by atoms with Crippen molar-refractivity contribution >= 4 is 23.4 Å². The van der Waals surface area contributed by atoms with Crippen LogP contribution in [0.5, 0.6) is 5.75 Å². The van der Waals surface area contributed by atoms with Gasteiger partial charge < -0.3 is 15.8 Å². The summed E-state index contributed by atoms with van der Waals surface area (Å²) in [5.74, 6) is 0.854. The first kappa shape index (κ1) is 17.8. The first-order valence-corrected chi connectivity index (χ1v) is 9.52. The van der Waals surface area contributed by atoms with Gasteiger partial charge in [-0.25, -0.2) is 0 Å². The summed E-state index contributed by atoms with van der Waals surface area (Å²) in [5, 5.41) is 3.09. The number of thioether (sulfide) groups is 1. The fraction of sp³-hybridized carbons (Fsp3) is 0.350. The lowest BCUT2D eigenvalue weighted by Gasteiger charge is -2.27. The minimum atomic E-state index is -0.379. The van der Waals surface area contributed by atoms with Gasteiger partial charge in [0.05, 0.1) is 4.75 Å². The normalized spacial score (nSPS) is 15.7. The van der Waals surface area contributed by atoms with E-state index in [1.807, 2.05) is 42.5 Å². The number of carbonyl (C=O) groups is 1. The second kappa shape index (κ2) is 8.41. The molecule has 2 aromatic carbocycles. The molecule has 1 fully saturated rings. The van der Waals surface area contributed by atoms with E-state index in [1.165, 1.54) is 0 Å². The van der Waals surface area contributed by atoms with Gasteiger partial charge in [-0.05, 0) is 49.2 Å². The summed E-state index contributed by atoms with van der Waals surface area (Å²) in [6.07, 6.45) is 4.02. The molecule has 0 atom stereocenters. The SMILES string of the molecule is NCCOc1ccc(NC(=O)C2(Sc3ccccc3)CCCC2)cc1. The van der Waals surface area contributed by atoms with Crippen molar-refractivity contribution in [1.82, 2.24) is 0 Å². The lowest BCUT2D eigenvalue weighted by atomic mass is 10.1. The van der Waals surface area contributed by atoms with Crippen molar-refractivity contribution in [3.8, 4) is 5.75 Å². The van der Waals surface area contributed by atoms with E-state index in [0.29, 0.717) is 13.2 Å². The zero-order valence-corrected chi connectivity index (χ0v) is 15.1. The third kappa shape index (κ3) is 4.55. The molecule has 0 aromatic heterocycles. The predicted molar refractivity (Wildman–Crippen MR) is 103 cm³/mol. The van der Waals surface area contributed by atoms with Gasteiger partial charge in [0.25, 0.3) is 0 Å². The van der Waals surface area contributed by atoms with Crippen LogP contribution in [0.3, 0.4) is 0 Å². The number of ether oxygens (including phenoxy) is 1. The molecule has 0 saturated heterocycles. The molecule has 0 aliphatic heterocycles. The van der Waals surface area contributed by atoms with Crippen molar-refractivity contribution in [2.75, 3.05) is 18.5 Å². The van der Waals surface area contributed by atoms with Crippen LogP contribution in [0.15, 0.2) is 59.5 Å². The molecule has 2 aromatic rings. The van der Waals surface area contributed by atoms with E-state index in [0.717, 1.165) is 42.0 Å². The number of benzene rings is 2. The van der Waals surface area contributed by atoms with Crippen LogP contribution in [-0.2, 0) is 4.79 Å². The monoisotopic (exact) mass is 356 g/mol. The number of hydrogen-bond acceptors (Lipinski definition) is 4. The van der Waals surface area contributed by atoms with Gasteiger partial charge in [-0.3, -0.25) is 4.79 Å². The molecular formula is C20H24N2O2S. The van der Waals surface area contributed by atoms with E-state index in [9.17, 15) is 4.79 Å². The van der Waals surface area contributed by atoms with Crippen LogP contribution in [0, 0.1) is 0 Å². The first-order chi connectivity index (χ1) is 12.2. The molecular weight excluding hydrogens is 332 g/mol. The molecule has 0 spiro atoms. The quantitative estimate of drug-likeness (QED) is 0.785. The largest absolute Gasteiger partial charge is 0.492 e. The molecule has 3 N–H and O–H groups in total. The van der Waals surface area contributed by atoms with Gasteiger partial charge in [0.1, 0.15) is 12.4 Å². The van der Waals surface area contributed by atoms with Crippen molar-refractivity contribution in [3.63, 3.8) is 0 Å². The predicted octanol–water partition coefficient (Wildman–Crippen LogP) is 4.07. The third-order valence-electron chi connectivity index (χ3n) is 4.38. The first-order valence-electron chi connectivity index (χ1n) is 8.70. The number of nitrogens with two attached hydrogens (primary N) is 1. The highest BCUT2D eigenvalue weighted by molar-refractivity contribution is 8.01. The Kier molecular flexibility index (Phi) is 6.00. The molecule has 3 rings (SSSR count). The molecule has 1 aliphatic rings. The Morgan fingerprint density at radius 2 is 1.76 bits per heavy atom. The molecule has 1 saturated carbocycles. The summed E-state index contributed by atoms with van der Waals surface area (Å²) in [7, 11) is 0. The van der Waals surface area contributed by atoms with Gasteiger partial charge in [-0.15, -0.1) is 11.8 Å². The Morgan fingerprint density at radius 3 is 2.40 bits per heavy atom. The molecule has 1 aliphatic carbocycles. The van der Waals surface area contributed by atoms with Gasteiger partial charge in [-0.2, -0.15) is 0 Å². The van der Waals surface area contributed by atoms with E-state index in [-0.39, 0.29) is 10.7 Å². The summed E-state index contributed by atoms with van der Waals surface area (Å²) >= 11 is 1.69. The van der Waals surface area contributed by atoms with Gasteiger partial charge in [0.15, 0.2) is 0 Å². The lowest BCUT2D eigenvalue weighted by Crippen LogP contribution is -2.37. The molecule has 5 heteroatoms. The number of rotatable bonds is 7. The van der Waals surface area contributed by atoms with E-state index < -0.39 is 0 Å². The zero-order valence-electron chi connectivity index (χ0n) is 14.2. The summed E-state index contributed by atoms with van der Waals surface area (Å²) in [4.78, 5) is 14.2. The molecule has 132 valence electrons. The standard InChI is InChI=1S/C20H24N2O2S/c21-14-15-24-17-10-8-16(9-11-17)22-19(23)20(12-4-5-13-20)25-18-6-2-1-3-7-18/h1-3,6-11H,4-5,12-15,21H2,(H,22,23). The maximum absolute atomic E-state index is 13.0. The van der Waals surface area contributed by atoms with Crippen LogP contribution in [0.2, 0.25) is 0 Å².